The third-order valence-corrected chi connectivity index (χ3v) is 6.98. The summed E-state index contributed by atoms with van der Waals surface area (Å²) in [7, 11) is 7.19. The zero-order valence-electron chi connectivity index (χ0n) is 18.9. The van der Waals surface area contributed by atoms with Crippen LogP contribution in [-0.4, -0.2) is 59.5 Å². The Bertz CT molecular complexity index is 1040. The number of carbonyl (C=O) groups excluding carboxylic acids is 1. The van der Waals surface area contributed by atoms with Crippen LogP contribution in [0.3, 0.4) is 0 Å². The van der Waals surface area contributed by atoms with Crippen molar-refractivity contribution in [3.05, 3.63) is 59.0 Å². The molecule has 2 aliphatic rings. The van der Waals surface area contributed by atoms with Gasteiger partial charge in [-0.3, -0.25) is 4.57 Å². The lowest BCUT2D eigenvalue weighted by molar-refractivity contribution is -0.344. The third kappa shape index (κ3) is 5.75. The van der Waals surface area contributed by atoms with Crippen LogP contribution in [0.2, 0.25) is 0 Å². The summed E-state index contributed by atoms with van der Waals surface area (Å²) in [5.74, 6) is -1.75. The molecule has 0 radical (unpaired) electrons. The number of rotatable bonds is 5. The van der Waals surface area contributed by atoms with Crippen molar-refractivity contribution in [1.29, 1.82) is 0 Å². The van der Waals surface area contributed by atoms with E-state index in [1.165, 1.54) is 14.2 Å². The Balaban J connectivity index is 0.000000479. The van der Waals surface area contributed by atoms with Crippen LogP contribution < -0.4 is 14.7 Å². The number of nitrogens with zero attached hydrogens (tertiary/aromatic N) is 2. The van der Waals surface area contributed by atoms with Crippen LogP contribution in [0, 0.1) is 6.08 Å². The number of halogens is 3. The van der Waals surface area contributed by atoms with Gasteiger partial charge in [0.05, 0.1) is 6.08 Å². The molecule has 0 amide bonds. The average molecular weight is 488 g/mol. The van der Waals surface area contributed by atoms with Crippen molar-refractivity contribution in [2.24, 2.45) is 0 Å². The van der Waals surface area contributed by atoms with Gasteiger partial charge in [0.25, 0.3) is 0 Å². The quantitative estimate of drug-likeness (QED) is 0.462. The van der Waals surface area contributed by atoms with Crippen LogP contribution in [0.1, 0.15) is 11.2 Å². The molecule has 0 fully saturated rings. The van der Waals surface area contributed by atoms with Gasteiger partial charge in [0.1, 0.15) is 18.1 Å². The second-order valence-corrected chi connectivity index (χ2v) is 9.67. The summed E-state index contributed by atoms with van der Waals surface area (Å²) in [4.78, 5) is 12.7. The second kappa shape index (κ2) is 9.97. The molecule has 1 atom stereocenters. The largest absolute Gasteiger partial charge is 0.542 e. The predicted octanol–water partition coefficient (Wildman–Crippen LogP) is 3.04. The zero-order valence-corrected chi connectivity index (χ0v) is 19.8. The van der Waals surface area contributed by atoms with Crippen molar-refractivity contribution in [3.8, 4) is 5.75 Å². The summed E-state index contributed by atoms with van der Waals surface area (Å²) in [6, 6.07) is 5.81. The monoisotopic (exact) mass is 488 g/mol. The number of ether oxygens (including phenoxy) is 1. The minimum absolute atomic E-state index is 0.594. The maximum absolute atomic E-state index is 13.3. The van der Waals surface area contributed by atoms with Crippen molar-refractivity contribution in [2.75, 3.05) is 47.3 Å². The summed E-state index contributed by atoms with van der Waals surface area (Å²) >= 11 is 0. The van der Waals surface area contributed by atoms with Gasteiger partial charge in [-0.15, -0.1) is 0 Å². The molecule has 3 rings (SSSR count). The SMILES string of the molecule is COP(=O)(OC)C1C2=C(C=C(N(C)C)C=[C+]2)Oc2cc(N(C)C)ccc21.O=C([O-])C(F)(F)F. The molecular weight excluding hydrogens is 464 g/mol. The number of fused-ring (bicyclic) bond motifs is 1. The Labute approximate surface area is 190 Å². The number of allylic oxidation sites excluding steroid dienone is 4. The smallest absolute Gasteiger partial charge is 0.430 e. The molecule has 12 heteroatoms. The van der Waals surface area contributed by atoms with Gasteiger partial charge < -0.3 is 33.5 Å². The lowest BCUT2D eigenvalue weighted by atomic mass is 9.96. The molecule has 0 N–H and O–H groups in total. The number of anilines is 1. The molecule has 0 saturated carbocycles. The number of alkyl halides is 3. The minimum Gasteiger partial charge on any atom is -0.542 e. The Hall–Kier alpha value is -2.84. The molecule has 180 valence electrons. The molecule has 1 heterocycles. The van der Waals surface area contributed by atoms with Crippen LogP contribution in [-0.2, 0) is 18.4 Å². The highest BCUT2D eigenvalue weighted by molar-refractivity contribution is 7.54. The average Bonchev–Trinajstić information content (AvgIpc) is 2.75. The summed E-state index contributed by atoms with van der Waals surface area (Å²) < 4.78 is 61.7. The standard InChI is InChI=1S/C19H24N2O4P.C2HF3O2/c1-20(2)13-7-9-15-17(11-13)25-18-12-14(21(3)4)8-10-16(18)19(15)26(22,23-5)24-6;3-2(4,5)1(6)7/h7-9,11-12,19H,1-6H3;(H,6,7)/q+1;/p-1. The van der Waals surface area contributed by atoms with E-state index in [0.717, 1.165) is 16.9 Å². The molecule has 8 nitrogen and oxygen atoms in total. The van der Waals surface area contributed by atoms with E-state index < -0.39 is 25.4 Å². The zero-order chi connectivity index (χ0) is 25.1. The van der Waals surface area contributed by atoms with E-state index in [-0.39, 0.29) is 0 Å². The summed E-state index contributed by atoms with van der Waals surface area (Å²) in [5, 5.41) is 8.78. The predicted molar refractivity (Wildman–Crippen MR) is 113 cm³/mol. The van der Waals surface area contributed by atoms with Crippen LogP contribution in [0.25, 0.3) is 0 Å². The first-order valence-corrected chi connectivity index (χ1v) is 11.1. The van der Waals surface area contributed by atoms with Gasteiger partial charge in [-0.2, -0.15) is 13.2 Å². The fraction of sp³-hybridized carbons (Fsp3) is 0.381. The lowest BCUT2D eigenvalue weighted by Crippen LogP contribution is -2.37. The van der Waals surface area contributed by atoms with E-state index in [9.17, 15) is 17.7 Å². The molecule has 1 aromatic rings. The Morgan fingerprint density at radius 3 is 2.18 bits per heavy atom. The Kier molecular flexibility index (Phi) is 7.98. The number of carboxylic acid groups (broad SMARTS) is 1. The first-order valence-electron chi connectivity index (χ1n) is 9.46. The fourth-order valence-electron chi connectivity index (χ4n) is 3.04. The number of hydrogen-bond acceptors (Lipinski definition) is 8. The van der Waals surface area contributed by atoms with E-state index in [1.807, 2.05) is 68.3 Å². The van der Waals surface area contributed by atoms with Crippen molar-refractivity contribution >= 4 is 19.3 Å². The summed E-state index contributed by atoms with van der Waals surface area (Å²) in [6.07, 6.45) is 1.81. The topological polar surface area (TPSA) is 91.4 Å². The molecule has 0 aromatic heterocycles. The van der Waals surface area contributed by atoms with Gasteiger partial charge in [-0.05, 0) is 6.07 Å². The fourth-order valence-corrected chi connectivity index (χ4v) is 4.68. The molecule has 1 unspecified atom stereocenters. The molecule has 0 bridgehead atoms. The van der Waals surface area contributed by atoms with Gasteiger partial charge >= 0.3 is 13.8 Å². The van der Waals surface area contributed by atoms with E-state index in [4.69, 9.17) is 23.7 Å². The second-order valence-electron chi connectivity index (χ2n) is 7.34. The molecule has 1 aliphatic carbocycles. The Morgan fingerprint density at radius 1 is 1.15 bits per heavy atom. The lowest BCUT2D eigenvalue weighted by Gasteiger charge is -2.29. The van der Waals surface area contributed by atoms with Gasteiger partial charge in [-0.25, -0.2) is 0 Å². The van der Waals surface area contributed by atoms with Crippen LogP contribution >= 0.6 is 7.60 Å². The van der Waals surface area contributed by atoms with Crippen molar-refractivity contribution in [1.82, 2.24) is 4.90 Å². The first kappa shape index (κ1) is 26.4. The van der Waals surface area contributed by atoms with Crippen molar-refractivity contribution in [3.63, 3.8) is 0 Å². The number of carboxylic acids is 1. The highest BCUT2D eigenvalue weighted by atomic mass is 31.2. The first-order chi connectivity index (χ1) is 15.2. The number of aliphatic carboxylic acids is 1. The van der Waals surface area contributed by atoms with Crippen molar-refractivity contribution in [2.45, 2.75) is 11.8 Å². The summed E-state index contributed by atoms with van der Waals surface area (Å²) in [6.45, 7) is 0. The maximum atomic E-state index is 13.3. The van der Waals surface area contributed by atoms with Gasteiger partial charge in [0.15, 0.2) is 22.7 Å². The highest BCUT2D eigenvalue weighted by Crippen LogP contribution is 2.66. The van der Waals surface area contributed by atoms with Gasteiger partial charge in [0, 0.05) is 59.7 Å². The van der Waals surface area contributed by atoms with E-state index in [1.54, 1.807) is 0 Å². The van der Waals surface area contributed by atoms with Gasteiger partial charge in [0.2, 0.25) is 5.76 Å². The highest BCUT2D eigenvalue weighted by Gasteiger charge is 2.48. The number of hydrogen-bond donors (Lipinski definition) is 0. The molecule has 33 heavy (non-hydrogen) atoms. The van der Waals surface area contributed by atoms with Gasteiger partial charge in [-0.1, -0.05) is 6.07 Å². The number of carbonyl (C=O) groups is 1. The molecule has 1 aromatic carbocycles. The number of benzene rings is 1. The maximum Gasteiger partial charge on any atom is 0.430 e. The molecule has 0 spiro atoms. The summed E-state index contributed by atoms with van der Waals surface area (Å²) in [5.41, 5.74) is 2.78. The van der Waals surface area contributed by atoms with Crippen LogP contribution in [0.15, 0.2) is 47.4 Å². The van der Waals surface area contributed by atoms with E-state index in [0.29, 0.717) is 17.1 Å². The van der Waals surface area contributed by atoms with Crippen molar-refractivity contribution < 1.29 is 41.4 Å². The molecule has 0 saturated heterocycles. The minimum atomic E-state index is -5.19. The third-order valence-electron chi connectivity index (χ3n) is 4.79. The normalized spacial score (nSPS) is 16.9. The molecule has 1 aliphatic heterocycles. The van der Waals surface area contributed by atoms with Crippen LogP contribution in [0.4, 0.5) is 18.9 Å². The number of likely N-dealkylation sites (N-methyl/N-ethyl adjacent to an activating group) is 1. The van der Waals surface area contributed by atoms with E-state index >= 15 is 0 Å². The molecular formula is C21H24F3N2O6P. The van der Waals surface area contributed by atoms with Crippen LogP contribution in [0.5, 0.6) is 5.75 Å². The Morgan fingerprint density at radius 2 is 1.73 bits per heavy atom. The van der Waals surface area contributed by atoms with E-state index in [2.05, 4.69) is 6.08 Å².